The summed E-state index contributed by atoms with van der Waals surface area (Å²) in [6.45, 7) is 5.75. The first-order chi connectivity index (χ1) is 6.48. The molecule has 1 aromatic carbocycles. The Labute approximate surface area is 88.0 Å². The van der Waals surface area contributed by atoms with Crippen LogP contribution in [0, 0.1) is 6.92 Å². The van der Waals surface area contributed by atoms with Gasteiger partial charge in [0.05, 0.1) is 5.60 Å². The van der Waals surface area contributed by atoms with E-state index in [1.54, 1.807) is 11.3 Å². The predicted molar refractivity (Wildman–Crippen MR) is 61.8 cm³/mol. The highest BCUT2D eigenvalue weighted by atomic mass is 32.1. The molecule has 1 nitrogen and oxygen atoms in total. The minimum absolute atomic E-state index is 0.726. The largest absolute Gasteiger partial charge is 0.385 e. The van der Waals surface area contributed by atoms with Gasteiger partial charge in [0.1, 0.15) is 0 Å². The Balaban J connectivity index is 2.69. The molecule has 0 amide bonds. The molecule has 14 heavy (non-hydrogen) atoms. The van der Waals surface area contributed by atoms with Crippen LogP contribution in [0.1, 0.15) is 24.3 Å². The average molecular weight is 206 g/mol. The van der Waals surface area contributed by atoms with Gasteiger partial charge in [-0.1, -0.05) is 12.1 Å². The SMILES string of the molecule is Cc1cccc2sc(C(C)(C)O)cc12. The zero-order chi connectivity index (χ0) is 10.3. The molecule has 0 aliphatic rings. The van der Waals surface area contributed by atoms with Gasteiger partial charge in [0.2, 0.25) is 0 Å². The van der Waals surface area contributed by atoms with Crippen molar-refractivity contribution in [2.24, 2.45) is 0 Å². The first kappa shape index (κ1) is 9.69. The van der Waals surface area contributed by atoms with Crippen molar-refractivity contribution in [2.45, 2.75) is 26.4 Å². The van der Waals surface area contributed by atoms with E-state index in [2.05, 4.69) is 31.2 Å². The molecule has 1 aromatic heterocycles. The fourth-order valence-corrected chi connectivity index (χ4v) is 2.65. The van der Waals surface area contributed by atoms with Crippen LogP contribution in [0.25, 0.3) is 10.1 Å². The van der Waals surface area contributed by atoms with Crippen molar-refractivity contribution in [2.75, 3.05) is 0 Å². The molecule has 0 aliphatic heterocycles. The van der Waals surface area contributed by atoms with Crippen molar-refractivity contribution in [1.29, 1.82) is 0 Å². The number of aryl methyl sites for hydroxylation is 1. The summed E-state index contributed by atoms with van der Waals surface area (Å²) in [5.74, 6) is 0. The fourth-order valence-electron chi connectivity index (χ4n) is 1.51. The maximum Gasteiger partial charge on any atom is 0.0932 e. The summed E-state index contributed by atoms with van der Waals surface area (Å²) < 4.78 is 1.25. The van der Waals surface area contributed by atoms with Crippen LogP contribution in [-0.4, -0.2) is 5.11 Å². The van der Waals surface area contributed by atoms with Crippen molar-refractivity contribution in [1.82, 2.24) is 0 Å². The highest BCUT2D eigenvalue weighted by Crippen LogP contribution is 2.34. The predicted octanol–water partition coefficient (Wildman–Crippen LogP) is 3.44. The highest BCUT2D eigenvalue weighted by molar-refractivity contribution is 7.19. The van der Waals surface area contributed by atoms with E-state index in [1.807, 2.05) is 13.8 Å². The van der Waals surface area contributed by atoms with Gasteiger partial charge in [-0.3, -0.25) is 0 Å². The lowest BCUT2D eigenvalue weighted by atomic mass is 10.1. The van der Waals surface area contributed by atoms with E-state index >= 15 is 0 Å². The maximum absolute atomic E-state index is 9.89. The van der Waals surface area contributed by atoms with Crippen molar-refractivity contribution in [3.8, 4) is 0 Å². The van der Waals surface area contributed by atoms with Gasteiger partial charge < -0.3 is 5.11 Å². The van der Waals surface area contributed by atoms with E-state index in [-0.39, 0.29) is 0 Å². The lowest BCUT2D eigenvalue weighted by Gasteiger charge is -2.13. The molecule has 0 atom stereocenters. The molecule has 1 heterocycles. The standard InChI is InChI=1S/C12H14OS/c1-8-5-4-6-10-9(8)7-11(14-10)12(2,3)13/h4-7,13H,1-3H3. The van der Waals surface area contributed by atoms with Crippen LogP contribution in [0.15, 0.2) is 24.3 Å². The lowest BCUT2D eigenvalue weighted by molar-refractivity contribution is 0.0826. The topological polar surface area (TPSA) is 20.2 Å². The highest BCUT2D eigenvalue weighted by Gasteiger charge is 2.19. The van der Waals surface area contributed by atoms with Crippen LogP contribution < -0.4 is 0 Å². The molecule has 2 rings (SSSR count). The van der Waals surface area contributed by atoms with E-state index in [1.165, 1.54) is 15.6 Å². The number of thiophene rings is 1. The fraction of sp³-hybridized carbons (Fsp3) is 0.333. The van der Waals surface area contributed by atoms with E-state index in [0.717, 1.165) is 4.88 Å². The smallest absolute Gasteiger partial charge is 0.0932 e. The number of aliphatic hydroxyl groups is 1. The maximum atomic E-state index is 9.89. The second-order valence-corrected chi connectivity index (χ2v) is 5.24. The van der Waals surface area contributed by atoms with E-state index < -0.39 is 5.60 Å². The van der Waals surface area contributed by atoms with Crippen LogP contribution in [0.2, 0.25) is 0 Å². The quantitative estimate of drug-likeness (QED) is 0.757. The van der Waals surface area contributed by atoms with Gasteiger partial charge in [0.15, 0.2) is 0 Å². The second-order valence-electron chi connectivity index (χ2n) is 4.16. The summed E-state index contributed by atoms with van der Waals surface area (Å²) in [5, 5.41) is 11.2. The molecule has 2 heteroatoms. The molecule has 0 aliphatic carbocycles. The van der Waals surface area contributed by atoms with Gasteiger partial charge in [0.25, 0.3) is 0 Å². The minimum Gasteiger partial charge on any atom is -0.385 e. The Hall–Kier alpha value is -0.860. The molecular weight excluding hydrogens is 192 g/mol. The van der Waals surface area contributed by atoms with Crippen molar-refractivity contribution < 1.29 is 5.11 Å². The summed E-state index contributed by atoms with van der Waals surface area (Å²) in [6, 6.07) is 8.35. The van der Waals surface area contributed by atoms with Gasteiger partial charge in [0, 0.05) is 9.58 Å². The van der Waals surface area contributed by atoms with Crippen molar-refractivity contribution in [3.63, 3.8) is 0 Å². The number of fused-ring (bicyclic) bond motifs is 1. The third-order valence-electron chi connectivity index (χ3n) is 2.38. The van der Waals surface area contributed by atoms with Crippen LogP contribution in [0.5, 0.6) is 0 Å². The Morgan fingerprint density at radius 2 is 2.00 bits per heavy atom. The first-order valence-corrected chi connectivity index (χ1v) is 5.52. The van der Waals surface area contributed by atoms with Gasteiger partial charge in [-0.2, -0.15) is 0 Å². The zero-order valence-corrected chi connectivity index (χ0v) is 9.48. The summed E-state index contributed by atoms with van der Waals surface area (Å²) in [7, 11) is 0. The number of benzene rings is 1. The normalized spacial score (nSPS) is 12.3. The van der Waals surface area contributed by atoms with E-state index in [9.17, 15) is 5.11 Å². The summed E-state index contributed by atoms with van der Waals surface area (Å²) in [6.07, 6.45) is 0. The Morgan fingerprint density at radius 1 is 1.29 bits per heavy atom. The third-order valence-corrected chi connectivity index (χ3v) is 3.80. The Kier molecular flexibility index (Phi) is 2.13. The number of rotatable bonds is 1. The number of hydrogen-bond donors (Lipinski definition) is 1. The lowest BCUT2D eigenvalue weighted by Crippen LogP contribution is -2.12. The molecule has 2 aromatic rings. The Bertz CT molecular complexity index is 463. The summed E-state index contributed by atoms with van der Waals surface area (Å²) >= 11 is 1.67. The van der Waals surface area contributed by atoms with Crippen molar-refractivity contribution >= 4 is 21.4 Å². The number of hydrogen-bond acceptors (Lipinski definition) is 2. The molecular formula is C12H14OS. The van der Waals surface area contributed by atoms with E-state index in [4.69, 9.17) is 0 Å². The van der Waals surface area contributed by atoms with Crippen molar-refractivity contribution in [3.05, 3.63) is 34.7 Å². The monoisotopic (exact) mass is 206 g/mol. The third kappa shape index (κ3) is 1.56. The molecule has 0 saturated carbocycles. The summed E-state index contributed by atoms with van der Waals surface area (Å²) in [5.41, 5.74) is 0.546. The van der Waals surface area contributed by atoms with Crippen LogP contribution >= 0.6 is 11.3 Å². The zero-order valence-electron chi connectivity index (χ0n) is 8.66. The van der Waals surface area contributed by atoms with Crippen LogP contribution in [0.3, 0.4) is 0 Å². The average Bonchev–Trinajstić information content (AvgIpc) is 2.48. The summed E-state index contributed by atoms with van der Waals surface area (Å²) in [4.78, 5) is 1.03. The van der Waals surface area contributed by atoms with E-state index in [0.29, 0.717) is 0 Å². The molecule has 0 bridgehead atoms. The van der Waals surface area contributed by atoms with Gasteiger partial charge in [-0.15, -0.1) is 11.3 Å². The Morgan fingerprint density at radius 3 is 2.57 bits per heavy atom. The van der Waals surface area contributed by atoms with Crippen LogP contribution in [-0.2, 0) is 5.60 Å². The van der Waals surface area contributed by atoms with Crippen LogP contribution in [0.4, 0.5) is 0 Å². The molecule has 0 fully saturated rings. The molecule has 0 spiro atoms. The molecule has 0 saturated heterocycles. The first-order valence-electron chi connectivity index (χ1n) is 4.70. The van der Waals surface area contributed by atoms with Gasteiger partial charge in [-0.25, -0.2) is 0 Å². The second kappa shape index (κ2) is 3.07. The minimum atomic E-state index is -0.726. The van der Waals surface area contributed by atoms with Gasteiger partial charge in [-0.05, 0) is 43.9 Å². The molecule has 0 unspecified atom stereocenters. The molecule has 0 radical (unpaired) electrons. The molecule has 1 N–H and O–H groups in total. The molecule has 74 valence electrons. The van der Waals surface area contributed by atoms with Gasteiger partial charge >= 0.3 is 0 Å².